The summed E-state index contributed by atoms with van der Waals surface area (Å²) in [5.74, 6) is -0.720. The quantitative estimate of drug-likeness (QED) is 0.467. The highest BCUT2D eigenvalue weighted by atomic mass is 33.1. The van der Waals surface area contributed by atoms with Crippen molar-refractivity contribution >= 4 is 27.7 Å². The summed E-state index contributed by atoms with van der Waals surface area (Å²) in [7, 11) is 3.42. The summed E-state index contributed by atoms with van der Waals surface area (Å²) in [5.41, 5.74) is 4.62. The van der Waals surface area contributed by atoms with Crippen LogP contribution >= 0.6 is 21.6 Å². The van der Waals surface area contributed by atoms with Gasteiger partial charge in [-0.25, -0.2) is 4.79 Å². The van der Waals surface area contributed by atoms with Crippen molar-refractivity contribution in [3.8, 4) is 11.1 Å². The monoisotopic (exact) mass is 515 g/mol. The van der Waals surface area contributed by atoms with E-state index in [0.717, 1.165) is 0 Å². The molecule has 2 bridgehead atoms. The Balaban J connectivity index is 1.27. The first-order chi connectivity index (χ1) is 16.7. The number of fused-ring (bicyclic) bond motifs is 6. The maximum atomic E-state index is 13.1. The lowest BCUT2D eigenvalue weighted by Gasteiger charge is -2.52. The molecule has 3 saturated heterocycles. The lowest BCUT2D eigenvalue weighted by Crippen LogP contribution is -2.68. The largest absolute Gasteiger partial charge is 0.449 e. The van der Waals surface area contributed by atoms with Crippen LogP contribution in [0.1, 0.15) is 44.7 Å². The highest BCUT2D eigenvalue weighted by Crippen LogP contribution is 2.45. The van der Waals surface area contributed by atoms with Gasteiger partial charge in [0.1, 0.15) is 12.6 Å². The lowest BCUT2D eigenvalue weighted by atomic mass is 9.91. The van der Waals surface area contributed by atoms with Crippen molar-refractivity contribution in [1.82, 2.24) is 5.32 Å². The van der Waals surface area contributed by atoms with E-state index in [1.54, 1.807) is 21.6 Å². The van der Waals surface area contributed by atoms with Crippen LogP contribution in [0.4, 0.5) is 4.79 Å². The highest BCUT2D eigenvalue weighted by Gasteiger charge is 2.55. The minimum absolute atomic E-state index is 0.00408. The molecule has 3 heterocycles. The molecule has 1 aliphatic carbocycles. The molecule has 3 aliphatic heterocycles. The molecule has 0 unspecified atom stereocenters. The first-order valence-electron chi connectivity index (χ1n) is 12.0. The number of hydrogen-bond donors (Lipinski definition) is 1. The molecule has 0 spiro atoms. The Hall–Kier alpha value is -1.71. The van der Waals surface area contributed by atoms with Crippen LogP contribution in [0, 0.1) is 5.41 Å². The Morgan fingerprint density at radius 3 is 2.11 bits per heavy atom. The van der Waals surface area contributed by atoms with Gasteiger partial charge in [0.2, 0.25) is 0 Å². The highest BCUT2D eigenvalue weighted by molar-refractivity contribution is 8.77. The fraction of sp³-hybridized carbons (Fsp3) is 0.519. The van der Waals surface area contributed by atoms with Crippen molar-refractivity contribution in [3.63, 3.8) is 0 Å². The van der Waals surface area contributed by atoms with Crippen LogP contribution in [0.5, 0.6) is 0 Å². The number of carbonyl (C=O) groups is 1. The zero-order valence-electron chi connectivity index (χ0n) is 20.7. The average molecular weight is 516 g/mol. The van der Waals surface area contributed by atoms with Gasteiger partial charge in [-0.05, 0) is 22.3 Å². The van der Waals surface area contributed by atoms with Gasteiger partial charge >= 0.3 is 12.1 Å². The first-order valence-corrected chi connectivity index (χ1v) is 14.3. The second-order valence-electron chi connectivity index (χ2n) is 10.8. The second-order valence-corrected chi connectivity index (χ2v) is 14.0. The van der Waals surface area contributed by atoms with Gasteiger partial charge in [0.05, 0.1) is 19.8 Å². The summed E-state index contributed by atoms with van der Waals surface area (Å²) < 4.78 is 24.0. The van der Waals surface area contributed by atoms with Crippen LogP contribution in [0.15, 0.2) is 48.5 Å². The van der Waals surface area contributed by atoms with E-state index < -0.39 is 18.1 Å². The van der Waals surface area contributed by atoms with Gasteiger partial charge in [-0.1, -0.05) is 97.8 Å². The van der Waals surface area contributed by atoms with Gasteiger partial charge in [0, 0.05) is 21.8 Å². The van der Waals surface area contributed by atoms with Crippen molar-refractivity contribution in [2.75, 3.05) is 32.2 Å². The molecule has 1 atom stereocenters. The zero-order chi connectivity index (χ0) is 24.7. The van der Waals surface area contributed by atoms with E-state index in [0.29, 0.717) is 25.6 Å². The summed E-state index contributed by atoms with van der Waals surface area (Å²) in [4.78, 5) is 13.1. The van der Waals surface area contributed by atoms with Crippen LogP contribution in [0.2, 0.25) is 0 Å². The molecule has 3 fully saturated rings. The number of benzene rings is 2. The molecule has 1 amide bonds. The number of rotatable bonds is 7. The molecule has 4 aliphatic rings. The first kappa shape index (κ1) is 25.0. The van der Waals surface area contributed by atoms with E-state index in [1.807, 2.05) is 24.3 Å². The molecule has 0 saturated carbocycles. The van der Waals surface area contributed by atoms with Crippen LogP contribution in [-0.4, -0.2) is 55.0 Å². The Morgan fingerprint density at radius 1 is 1.03 bits per heavy atom. The number of alkyl carbamates (subject to hydrolysis) is 1. The standard InChI is InChI=1S/C27H33NO5S2/c1-25(2,3)35-34-14-23(27-31-15-26(4,16-32-27)17-33-27)28-24(29)30-13-22-20-11-7-5-9-18(20)19-10-6-8-12-21(19)22/h5-12,22-23H,13-17H2,1-4H3,(H,28,29)/t23-,26?,27?/m0/s1. The predicted molar refractivity (Wildman–Crippen MR) is 140 cm³/mol. The number of ether oxygens (including phenoxy) is 4. The van der Waals surface area contributed by atoms with E-state index in [1.165, 1.54) is 22.3 Å². The van der Waals surface area contributed by atoms with Crippen LogP contribution in [-0.2, 0) is 18.9 Å². The van der Waals surface area contributed by atoms with Gasteiger partial charge < -0.3 is 24.3 Å². The molecule has 1 N–H and O–H groups in total. The third-order valence-corrected chi connectivity index (χ3v) is 9.82. The normalized spacial score (nSPS) is 26.2. The van der Waals surface area contributed by atoms with Gasteiger partial charge in [-0.2, -0.15) is 0 Å². The molecule has 0 radical (unpaired) electrons. The second kappa shape index (κ2) is 9.63. The number of hydrogen-bond acceptors (Lipinski definition) is 7. The Labute approximate surface area is 215 Å². The number of amides is 1. The third kappa shape index (κ3) is 5.23. The van der Waals surface area contributed by atoms with E-state index in [-0.39, 0.29) is 22.7 Å². The Kier molecular flexibility index (Phi) is 6.87. The molecule has 35 heavy (non-hydrogen) atoms. The molecule has 0 aromatic heterocycles. The van der Waals surface area contributed by atoms with Crippen molar-refractivity contribution in [3.05, 3.63) is 59.7 Å². The lowest BCUT2D eigenvalue weighted by molar-refractivity contribution is -0.471. The van der Waals surface area contributed by atoms with Gasteiger partial charge in [-0.15, -0.1) is 0 Å². The summed E-state index contributed by atoms with van der Waals surface area (Å²) in [5, 5.41) is 3.00. The number of carbonyl (C=O) groups excluding carboxylic acids is 1. The smallest absolute Gasteiger partial charge is 0.407 e. The maximum absolute atomic E-state index is 13.1. The van der Waals surface area contributed by atoms with E-state index in [9.17, 15) is 4.79 Å². The van der Waals surface area contributed by atoms with Crippen molar-refractivity contribution in [2.45, 2.75) is 50.4 Å². The topological polar surface area (TPSA) is 66.0 Å². The molecule has 2 aromatic rings. The summed E-state index contributed by atoms with van der Waals surface area (Å²) >= 11 is 0. The van der Waals surface area contributed by atoms with E-state index in [4.69, 9.17) is 18.9 Å². The SMILES string of the molecule is CC12COC([C@H](CSSC(C)(C)C)NC(=O)OCC3c4ccccc4-c4ccccc43)(OC1)OC2. The van der Waals surface area contributed by atoms with Crippen molar-refractivity contribution in [1.29, 1.82) is 0 Å². The molecule has 8 heteroatoms. The van der Waals surface area contributed by atoms with Crippen LogP contribution in [0.25, 0.3) is 11.1 Å². The van der Waals surface area contributed by atoms with Crippen molar-refractivity contribution in [2.24, 2.45) is 5.41 Å². The van der Waals surface area contributed by atoms with Crippen LogP contribution < -0.4 is 5.32 Å². The average Bonchev–Trinajstić information content (AvgIpc) is 3.16. The molecule has 188 valence electrons. The Morgan fingerprint density at radius 2 is 1.57 bits per heavy atom. The number of nitrogens with one attached hydrogen (secondary N) is 1. The third-order valence-electron chi connectivity index (χ3n) is 6.47. The van der Waals surface area contributed by atoms with Gasteiger partial charge in [0.15, 0.2) is 0 Å². The zero-order valence-corrected chi connectivity index (χ0v) is 22.3. The van der Waals surface area contributed by atoms with E-state index >= 15 is 0 Å². The molecule has 6 nitrogen and oxygen atoms in total. The summed E-state index contributed by atoms with van der Waals surface area (Å²) in [6.07, 6.45) is -0.498. The fourth-order valence-electron chi connectivity index (χ4n) is 4.67. The Bertz CT molecular complexity index is 1020. The minimum Gasteiger partial charge on any atom is -0.449 e. The van der Waals surface area contributed by atoms with E-state index in [2.05, 4.69) is 57.3 Å². The maximum Gasteiger partial charge on any atom is 0.407 e. The van der Waals surface area contributed by atoms with Gasteiger partial charge in [-0.3, -0.25) is 0 Å². The van der Waals surface area contributed by atoms with Gasteiger partial charge in [0.25, 0.3) is 0 Å². The molecule has 2 aromatic carbocycles. The molecular formula is C27H33NO5S2. The summed E-state index contributed by atoms with van der Waals surface area (Å²) in [6, 6.07) is 16.1. The minimum atomic E-state index is -1.28. The molecular weight excluding hydrogens is 482 g/mol. The summed E-state index contributed by atoms with van der Waals surface area (Å²) in [6.45, 7) is 10.4. The predicted octanol–water partition coefficient (Wildman–Crippen LogP) is 5.81. The van der Waals surface area contributed by atoms with Crippen LogP contribution in [0.3, 0.4) is 0 Å². The molecule has 6 rings (SSSR count). The van der Waals surface area contributed by atoms with Crippen molar-refractivity contribution < 1.29 is 23.7 Å². The fourth-order valence-corrected chi connectivity index (χ4v) is 7.19.